The quantitative estimate of drug-likeness (QED) is 0.883. The smallest absolute Gasteiger partial charge is 0.227 e. The number of nitrogens with one attached hydrogen (secondary N) is 2. The minimum Gasteiger partial charge on any atom is -0.491 e. The van der Waals surface area contributed by atoms with Crippen LogP contribution in [0.5, 0.6) is 5.75 Å². The van der Waals surface area contributed by atoms with Gasteiger partial charge < -0.3 is 20.1 Å². The molecule has 6 nitrogen and oxygen atoms in total. The Morgan fingerprint density at radius 2 is 2.05 bits per heavy atom. The summed E-state index contributed by atoms with van der Waals surface area (Å²) in [5.41, 5.74) is 2.11. The summed E-state index contributed by atoms with van der Waals surface area (Å²) >= 11 is 0. The van der Waals surface area contributed by atoms with E-state index in [1.54, 1.807) is 12.4 Å². The predicted molar refractivity (Wildman–Crippen MR) is 84.5 cm³/mol. The van der Waals surface area contributed by atoms with Crippen LogP contribution in [-0.4, -0.2) is 36.3 Å². The first-order valence-corrected chi connectivity index (χ1v) is 7.49. The van der Waals surface area contributed by atoms with Gasteiger partial charge in [-0.25, -0.2) is 9.97 Å². The van der Waals surface area contributed by atoms with Crippen LogP contribution in [0.15, 0.2) is 36.7 Å². The van der Waals surface area contributed by atoms with Gasteiger partial charge in [-0.05, 0) is 24.6 Å². The van der Waals surface area contributed by atoms with Gasteiger partial charge in [0, 0.05) is 18.8 Å². The second-order valence-electron chi connectivity index (χ2n) is 4.99. The van der Waals surface area contributed by atoms with E-state index in [1.807, 2.05) is 19.1 Å². The highest BCUT2D eigenvalue weighted by atomic mass is 16.5. The summed E-state index contributed by atoms with van der Waals surface area (Å²) in [7, 11) is 0. The monoisotopic (exact) mass is 300 g/mol. The summed E-state index contributed by atoms with van der Waals surface area (Å²) in [5.74, 6) is 1.22. The number of rotatable bonds is 5. The predicted octanol–water partition coefficient (Wildman–Crippen LogP) is 2.28. The van der Waals surface area contributed by atoms with Gasteiger partial charge in [-0.3, -0.25) is 0 Å². The third-order valence-electron chi connectivity index (χ3n) is 3.41. The molecule has 6 heteroatoms. The number of hydrogen-bond acceptors (Lipinski definition) is 6. The van der Waals surface area contributed by atoms with Crippen molar-refractivity contribution in [3.8, 4) is 5.75 Å². The van der Waals surface area contributed by atoms with Crippen LogP contribution < -0.4 is 15.4 Å². The molecule has 2 N–H and O–H groups in total. The number of hydrogen-bond donors (Lipinski definition) is 2. The molecule has 1 saturated heterocycles. The molecule has 1 aromatic carbocycles. The maximum atomic E-state index is 5.74. The van der Waals surface area contributed by atoms with Crippen LogP contribution in [0, 0.1) is 0 Å². The van der Waals surface area contributed by atoms with Crippen molar-refractivity contribution in [1.82, 2.24) is 15.3 Å². The topological polar surface area (TPSA) is 68.3 Å². The van der Waals surface area contributed by atoms with Gasteiger partial charge in [-0.15, -0.1) is 0 Å². The van der Waals surface area contributed by atoms with Crippen LogP contribution in [0.1, 0.15) is 18.6 Å². The minimum atomic E-state index is 0.129. The van der Waals surface area contributed by atoms with Crippen LogP contribution in [0.4, 0.5) is 11.6 Å². The third-order valence-corrected chi connectivity index (χ3v) is 3.41. The number of morpholine rings is 1. The van der Waals surface area contributed by atoms with E-state index >= 15 is 0 Å². The van der Waals surface area contributed by atoms with E-state index in [2.05, 4.69) is 32.7 Å². The molecule has 3 rings (SSSR count). The molecule has 1 unspecified atom stereocenters. The maximum Gasteiger partial charge on any atom is 0.227 e. The van der Waals surface area contributed by atoms with Gasteiger partial charge in [-0.1, -0.05) is 12.1 Å². The van der Waals surface area contributed by atoms with Crippen molar-refractivity contribution in [3.05, 3.63) is 42.2 Å². The number of aromatic nitrogens is 2. The van der Waals surface area contributed by atoms with Gasteiger partial charge in [0.2, 0.25) is 5.95 Å². The van der Waals surface area contributed by atoms with E-state index in [0.717, 1.165) is 25.4 Å². The molecule has 1 aliphatic rings. The normalized spacial score (nSPS) is 18.0. The van der Waals surface area contributed by atoms with E-state index in [-0.39, 0.29) is 6.10 Å². The lowest BCUT2D eigenvalue weighted by atomic mass is 10.1. The van der Waals surface area contributed by atoms with Crippen molar-refractivity contribution < 1.29 is 9.47 Å². The Balaban J connectivity index is 1.62. The summed E-state index contributed by atoms with van der Waals surface area (Å²) in [6, 6.07) is 8.14. The lowest BCUT2D eigenvalue weighted by Gasteiger charge is -2.24. The molecular weight excluding hydrogens is 280 g/mol. The van der Waals surface area contributed by atoms with Gasteiger partial charge in [0.1, 0.15) is 0 Å². The van der Waals surface area contributed by atoms with Gasteiger partial charge >= 0.3 is 0 Å². The van der Waals surface area contributed by atoms with E-state index in [4.69, 9.17) is 9.47 Å². The van der Waals surface area contributed by atoms with Crippen molar-refractivity contribution >= 4 is 11.6 Å². The molecular formula is C16H20N4O2. The van der Waals surface area contributed by atoms with E-state index in [1.165, 1.54) is 5.56 Å². The molecule has 2 heterocycles. The lowest BCUT2D eigenvalue weighted by Crippen LogP contribution is -2.33. The summed E-state index contributed by atoms with van der Waals surface area (Å²) in [4.78, 5) is 8.45. The Labute approximate surface area is 129 Å². The first kappa shape index (κ1) is 14.7. The largest absolute Gasteiger partial charge is 0.491 e. The first-order chi connectivity index (χ1) is 10.8. The highest BCUT2D eigenvalue weighted by molar-refractivity contribution is 5.53. The Morgan fingerprint density at radius 3 is 2.68 bits per heavy atom. The summed E-state index contributed by atoms with van der Waals surface area (Å²) in [6.45, 7) is 5.07. The molecule has 116 valence electrons. The number of benzene rings is 1. The molecule has 0 aliphatic carbocycles. The van der Waals surface area contributed by atoms with Crippen LogP contribution in [-0.2, 0) is 4.74 Å². The van der Waals surface area contributed by atoms with Crippen molar-refractivity contribution in [1.29, 1.82) is 0 Å². The molecule has 2 aromatic rings. The van der Waals surface area contributed by atoms with Crippen LogP contribution in [0.3, 0.4) is 0 Å². The highest BCUT2D eigenvalue weighted by Gasteiger charge is 2.15. The molecule has 1 aliphatic heterocycles. The summed E-state index contributed by atoms with van der Waals surface area (Å²) in [6.07, 6.45) is 3.45. The van der Waals surface area contributed by atoms with Crippen molar-refractivity contribution in [3.63, 3.8) is 0 Å². The minimum absolute atomic E-state index is 0.129. The van der Waals surface area contributed by atoms with E-state index < -0.39 is 0 Å². The molecule has 0 bridgehead atoms. The number of anilines is 2. The van der Waals surface area contributed by atoms with Crippen molar-refractivity contribution in [2.24, 2.45) is 0 Å². The molecule has 0 radical (unpaired) electrons. The highest BCUT2D eigenvalue weighted by Crippen LogP contribution is 2.22. The van der Waals surface area contributed by atoms with Gasteiger partial charge in [0.05, 0.1) is 31.7 Å². The second kappa shape index (κ2) is 7.20. The molecule has 22 heavy (non-hydrogen) atoms. The zero-order valence-electron chi connectivity index (χ0n) is 12.6. The number of nitrogens with zero attached hydrogens (tertiary/aromatic N) is 2. The Kier molecular flexibility index (Phi) is 4.82. The fraction of sp³-hybridized carbons (Fsp3) is 0.375. The Morgan fingerprint density at radius 1 is 1.27 bits per heavy atom. The molecule has 0 saturated carbocycles. The van der Waals surface area contributed by atoms with Gasteiger partial charge in [0.25, 0.3) is 0 Å². The zero-order chi connectivity index (χ0) is 15.2. The van der Waals surface area contributed by atoms with E-state index in [0.29, 0.717) is 18.3 Å². The maximum absolute atomic E-state index is 5.74. The molecule has 0 spiro atoms. The fourth-order valence-electron chi connectivity index (χ4n) is 2.31. The SMILES string of the molecule is CCOc1cnc(Nc2ccc(C3CNCCO3)cc2)nc1. The Hall–Kier alpha value is -2.18. The second-order valence-corrected chi connectivity index (χ2v) is 4.99. The zero-order valence-corrected chi connectivity index (χ0v) is 12.6. The van der Waals surface area contributed by atoms with Crippen molar-refractivity contribution in [2.75, 3.05) is 31.6 Å². The Bertz CT molecular complexity index is 580. The number of ether oxygens (including phenoxy) is 2. The van der Waals surface area contributed by atoms with Crippen LogP contribution in [0.2, 0.25) is 0 Å². The molecule has 1 fully saturated rings. The summed E-state index contributed by atoms with van der Waals surface area (Å²) in [5, 5.41) is 6.50. The average Bonchev–Trinajstić information content (AvgIpc) is 2.58. The first-order valence-electron chi connectivity index (χ1n) is 7.49. The third kappa shape index (κ3) is 3.72. The summed E-state index contributed by atoms with van der Waals surface area (Å²) < 4.78 is 11.1. The van der Waals surface area contributed by atoms with Gasteiger partial charge in [0.15, 0.2) is 5.75 Å². The standard InChI is InChI=1S/C16H20N4O2/c1-2-21-14-9-18-16(19-10-14)20-13-5-3-12(4-6-13)15-11-17-7-8-22-15/h3-6,9-10,15,17H,2,7-8,11H2,1H3,(H,18,19,20). The van der Waals surface area contributed by atoms with E-state index in [9.17, 15) is 0 Å². The van der Waals surface area contributed by atoms with Gasteiger partial charge in [-0.2, -0.15) is 0 Å². The average molecular weight is 300 g/mol. The lowest BCUT2D eigenvalue weighted by molar-refractivity contribution is 0.0277. The van der Waals surface area contributed by atoms with Crippen LogP contribution >= 0.6 is 0 Å². The fourth-order valence-corrected chi connectivity index (χ4v) is 2.31. The molecule has 0 amide bonds. The molecule has 1 aromatic heterocycles. The van der Waals surface area contributed by atoms with Crippen molar-refractivity contribution in [2.45, 2.75) is 13.0 Å². The van der Waals surface area contributed by atoms with Crippen LogP contribution in [0.25, 0.3) is 0 Å². The molecule has 1 atom stereocenters.